The van der Waals surface area contributed by atoms with E-state index in [1.807, 2.05) is 6.07 Å². The van der Waals surface area contributed by atoms with Crippen molar-refractivity contribution in [1.82, 2.24) is 4.90 Å². The number of benzene rings is 1. The molecule has 0 spiro atoms. The molecule has 2 aliphatic rings. The van der Waals surface area contributed by atoms with Gasteiger partial charge in [0.25, 0.3) is 0 Å². The number of likely N-dealkylation sites (tertiary alicyclic amines) is 1. The highest BCUT2D eigenvalue weighted by Crippen LogP contribution is 2.31. The van der Waals surface area contributed by atoms with Gasteiger partial charge in [0, 0.05) is 38.5 Å². The number of hydrogen-bond donors (Lipinski definition) is 2. The molecule has 110 valence electrons. The highest BCUT2D eigenvalue weighted by atomic mass is 16.5. The first-order valence-electron chi connectivity index (χ1n) is 7.59. The van der Waals surface area contributed by atoms with Crippen molar-refractivity contribution in [2.24, 2.45) is 0 Å². The van der Waals surface area contributed by atoms with E-state index in [0.717, 1.165) is 57.8 Å². The molecule has 2 saturated heterocycles. The van der Waals surface area contributed by atoms with Crippen molar-refractivity contribution in [3.63, 3.8) is 0 Å². The van der Waals surface area contributed by atoms with Crippen molar-refractivity contribution in [3.8, 4) is 0 Å². The Kier molecular flexibility index (Phi) is 4.24. The van der Waals surface area contributed by atoms with E-state index in [4.69, 9.17) is 10.5 Å². The van der Waals surface area contributed by atoms with Gasteiger partial charge < -0.3 is 15.6 Å². The fraction of sp³-hybridized carbons (Fsp3) is 0.625. The topological polar surface area (TPSA) is 58.7 Å². The molecular weight excluding hydrogens is 252 g/mol. The van der Waals surface area contributed by atoms with Gasteiger partial charge in [-0.05, 0) is 48.4 Å². The van der Waals surface area contributed by atoms with E-state index in [-0.39, 0.29) is 6.10 Å². The number of nitrogens with two attached hydrogens (primary N) is 1. The largest absolute Gasteiger partial charge is 0.399 e. The molecule has 0 aromatic heterocycles. The van der Waals surface area contributed by atoms with E-state index in [0.29, 0.717) is 5.92 Å². The first-order chi connectivity index (χ1) is 9.72. The third-order valence-electron chi connectivity index (χ3n) is 4.47. The van der Waals surface area contributed by atoms with Crippen LogP contribution in [-0.2, 0) is 11.3 Å². The Morgan fingerprint density at radius 1 is 1.25 bits per heavy atom. The summed E-state index contributed by atoms with van der Waals surface area (Å²) in [5.74, 6) is 0.590. The van der Waals surface area contributed by atoms with Gasteiger partial charge in [-0.1, -0.05) is 6.07 Å². The summed E-state index contributed by atoms with van der Waals surface area (Å²) in [6, 6.07) is 6.30. The summed E-state index contributed by atoms with van der Waals surface area (Å²) in [4.78, 5) is 2.32. The van der Waals surface area contributed by atoms with E-state index in [9.17, 15) is 5.11 Å². The maximum Gasteiger partial charge on any atom is 0.0679 e. The Balaban J connectivity index is 1.78. The maximum atomic E-state index is 9.67. The second-order valence-corrected chi connectivity index (χ2v) is 6.02. The molecule has 1 atom stereocenters. The number of rotatable bonds is 3. The predicted molar refractivity (Wildman–Crippen MR) is 79.5 cm³/mol. The summed E-state index contributed by atoms with van der Waals surface area (Å²) in [6.45, 7) is 4.37. The SMILES string of the molecule is Nc1ccc(C2CCOCC2)c(CN2CCC(O)C2)c1. The van der Waals surface area contributed by atoms with Crippen LogP contribution >= 0.6 is 0 Å². The standard InChI is InChI=1S/C16H24N2O2/c17-14-1-2-16(12-4-7-20-8-5-12)13(9-14)10-18-6-3-15(19)11-18/h1-2,9,12,15,19H,3-8,10-11,17H2. The number of aliphatic hydroxyl groups excluding tert-OH is 1. The third-order valence-corrected chi connectivity index (χ3v) is 4.47. The third kappa shape index (κ3) is 3.14. The lowest BCUT2D eigenvalue weighted by Crippen LogP contribution is -2.23. The highest BCUT2D eigenvalue weighted by Gasteiger charge is 2.23. The van der Waals surface area contributed by atoms with E-state index in [2.05, 4.69) is 17.0 Å². The fourth-order valence-electron chi connectivity index (χ4n) is 3.37. The fourth-order valence-corrected chi connectivity index (χ4v) is 3.37. The first kappa shape index (κ1) is 13.9. The second-order valence-electron chi connectivity index (χ2n) is 6.02. The molecule has 3 rings (SSSR count). The Bertz CT molecular complexity index is 458. The number of nitrogens with zero attached hydrogens (tertiary/aromatic N) is 1. The van der Waals surface area contributed by atoms with Gasteiger partial charge in [-0.15, -0.1) is 0 Å². The van der Waals surface area contributed by atoms with Gasteiger partial charge in [-0.3, -0.25) is 4.90 Å². The van der Waals surface area contributed by atoms with Gasteiger partial charge in [0.1, 0.15) is 0 Å². The zero-order chi connectivity index (χ0) is 13.9. The lowest BCUT2D eigenvalue weighted by molar-refractivity contribution is 0.0850. The van der Waals surface area contributed by atoms with Crippen LogP contribution in [0.5, 0.6) is 0 Å². The summed E-state index contributed by atoms with van der Waals surface area (Å²) >= 11 is 0. The van der Waals surface area contributed by atoms with Gasteiger partial charge in [0.15, 0.2) is 0 Å². The van der Waals surface area contributed by atoms with E-state index < -0.39 is 0 Å². The van der Waals surface area contributed by atoms with Crippen molar-refractivity contribution in [2.75, 3.05) is 32.0 Å². The highest BCUT2D eigenvalue weighted by molar-refractivity contribution is 5.46. The minimum atomic E-state index is -0.164. The Labute approximate surface area is 120 Å². The summed E-state index contributed by atoms with van der Waals surface area (Å²) in [5.41, 5.74) is 9.54. The van der Waals surface area contributed by atoms with Crippen molar-refractivity contribution in [2.45, 2.75) is 37.8 Å². The molecule has 1 aromatic rings. The Morgan fingerprint density at radius 2 is 2.05 bits per heavy atom. The number of β-amino-alcohol motifs (C(OH)–C–C–N with tert-alkyl or cyclic N) is 1. The van der Waals surface area contributed by atoms with Crippen LogP contribution in [0, 0.1) is 0 Å². The smallest absolute Gasteiger partial charge is 0.0679 e. The Morgan fingerprint density at radius 3 is 2.75 bits per heavy atom. The Hall–Kier alpha value is -1.10. The van der Waals surface area contributed by atoms with Crippen molar-refractivity contribution < 1.29 is 9.84 Å². The number of anilines is 1. The molecule has 0 radical (unpaired) electrons. The van der Waals surface area contributed by atoms with Crippen molar-refractivity contribution in [1.29, 1.82) is 0 Å². The van der Waals surface area contributed by atoms with E-state index >= 15 is 0 Å². The molecular formula is C16H24N2O2. The average Bonchev–Trinajstić information content (AvgIpc) is 2.85. The van der Waals surface area contributed by atoms with Crippen molar-refractivity contribution >= 4 is 5.69 Å². The summed E-state index contributed by atoms with van der Waals surface area (Å²) in [7, 11) is 0. The predicted octanol–water partition coefficient (Wildman–Crippen LogP) is 1.73. The molecule has 2 heterocycles. The van der Waals surface area contributed by atoms with E-state index in [1.54, 1.807) is 0 Å². The van der Waals surface area contributed by atoms with Crippen LogP contribution in [0.4, 0.5) is 5.69 Å². The molecule has 3 N–H and O–H groups in total. The summed E-state index contributed by atoms with van der Waals surface area (Å²) in [6.07, 6.45) is 2.91. The van der Waals surface area contributed by atoms with Crippen LogP contribution in [-0.4, -0.2) is 42.4 Å². The number of ether oxygens (including phenoxy) is 1. The van der Waals surface area contributed by atoms with Gasteiger partial charge in [0.2, 0.25) is 0 Å². The molecule has 2 fully saturated rings. The van der Waals surface area contributed by atoms with Gasteiger partial charge in [-0.2, -0.15) is 0 Å². The number of nitrogen functional groups attached to an aromatic ring is 1. The normalized spacial score (nSPS) is 25.1. The molecule has 2 aliphatic heterocycles. The lowest BCUT2D eigenvalue weighted by atomic mass is 9.88. The number of aliphatic hydroxyl groups is 1. The van der Waals surface area contributed by atoms with Crippen LogP contribution in [0.15, 0.2) is 18.2 Å². The van der Waals surface area contributed by atoms with E-state index in [1.165, 1.54) is 11.1 Å². The quantitative estimate of drug-likeness (QED) is 0.826. The van der Waals surface area contributed by atoms with Crippen LogP contribution in [0.1, 0.15) is 36.3 Å². The first-order valence-corrected chi connectivity index (χ1v) is 7.59. The number of hydrogen-bond acceptors (Lipinski definition) is 4. The second kappa shape index (κ2) is 6.12. The molecule has 20 heavy (non-hydrogen) atoms. The zero-order valence-corrected chi connectivity index (χ0v) is 11.9. The molecule has 0 aliphatic carbocycles. The van der Waals surface area contributed by atoms with Crippen LogP contribution in [0.3, 0.4) is 0 Å². The van der Waals surface area contributed by atoms with Gasteiger partial charge in [0.05, 0.1) is 6.10 Å². The molecule has 1 aromatic carbocycles. The van der Waals surface area contributed by atoms with Gasteiger partial charge in [-0.25, -0.2) is 0 Å². The minimum Gasteiger partial charge on any atom is -0.399 e. The lowest BCUT2D eigenvalue weighted by Gasteiger charge is -2.26. The molecule has 4 heteroatoms. The van der Waals surface area contributed by atoms with Crippen LogP contribution in [0.25, 0.3) is 0 Å². The maximum absolute atomic E-state index is 9.67. The van der Waals surface area contributed by atoms with Crippen LogP contribution in [0.2, 0.25) is 0 Å². The summed E-state index contributed by atoms with van der Waals surface area (Å²) < 4.78 is 5.46. The molecule has 1 unspecified atom stereocenters. The molecule has 4 nitrogen and oxygen atoms in total. The molecule has 0 bridgehead atoms. The zero-order valence-electron chi connectivity index (χ0n) is 11.9. The molecule has 0 saturated carbocycles. The van der Waals surface area contributed by atoms with Crippen molar-refractivity contribution in [3.05, 3.63) is 29.3 Å². The minimum absolute atomic E-state index is 0.164. The molecule has 0 amide bonds. The van der Waals surface area contributed by atoms with Crippen LogP contribution < -0.4 is 5.73 Å². The monoisotopic (exact) mass is 276 g/mol. The average molecular weight is 276 g/mol. The summed E-state index contributed by atoms with van der Waals surface area (Å²) in [5, 5.41) is 9.67. The van der Waals surface area contributed by atoms with Gasteiger partial charge >= 0.3 is 0 Å².